The SMILES string of the molecule is N#C/C(=C/NC1CC1)C(=O)Nc1ccc(Cl)cc1. The Morgan fingerprint density at radius 3 is 2.61 bits per heavy atom. The largest absolute Gasteiger partial charge is 0.387 e. The second-order valence-corrected chi connectivity index (χ2v) is 4.51. The van der Waals surface area contributed by atoms with E-state index in [1.165, 1.54) is 6.20 Å². The average molecular weight is 262 g/mol. The van der Waals surface area contributed by atoms with Crippen molar-refractivity contribution in [3.8, 4) is 6.07 Å². The van der Waals surface area contributed by atoms with Crippen molar-refractivity contribution in [3.63, 3.8) is 0 Å². The van der Waals surface area contributed by atoms with E-state index in [4.69, 9.17) is 16.9 Å². The lowest BCUT2D eigenvalue weighted by molar-refractivity contribution is -0.112. The summed E-state index contributed by atoms with van der Waals surface area (Å²) in [6.45, 7) is 0. The zero-order chi connectivity index (χ0) is 13.0. The van der Waals surface area contributed by atoms with Gasteiger partial charge in [0.25, 0.3) is 5.91 Å². The minimum atomic E-state index is -0.423. The Morgan fingerprint density at radius 1 is 1.39 bits per heavy atom. The van der Waals surface area contributed by atoms with Gasteiger partial charge in [-0.2, -0.15) is 5.26 Å². The molecule has 1 aliphatic rings. The quantitative estimate of drug-likeness (QED) is 0.646. The number of carbonyl (C=O) groups excluding carboxylic acids is 1. The summed E-state index contributed by atoms with van der Waals surface area (Å²) in [5, 5.41) is 15.2. The maximum atomic E-state index is 11.8. The van der Waals surface area contributed by atoms with Crippen LogP contribution in [0.4, 0.5) is 5.69 Å². The van der Waals surface area contributed by atoms with E-state index < -0.39 is 5.91 Å². The van der Waals surface area contributed by atoms with E-state index in [0.717, 1.165) is 12.8 Å². The predicted molar refractivity (Wildman–Crippen MR) is 69.9 cm³/mol. The molecule has 0 atom stereocenters. The van der Waals surface area contributed by atoms with E-state index in [1.54, 1.807) is 24.3 Å². The van der Waals surface area contributed by atoms with E-state index in [0.29, 0.717) is 16.8 Å². The summed E-state index contributed by atoms with van der Waals surface area (Å²) in [7, 11) is 0. The molecule has 1 aromatic carbocycles. The van der Waals surface area contributed by atoms with E-state index in [1.807, 2.05) is 6.07 Å². The highest BCUT2D eigenvalue weighted by atomic mass is 35.5. The molecule has 0 bridgehead atoms. The zero-order valence-electron chi connectivity index (χ0n) is 9.61. The number of hydrogen-bond acceptors (Lipinski definition) is 3. The number of carbonyl (C=O) groups is 1. The average Bonchev–Trinajstić information content (AvgIpc) is 3.17. The highest BCUT2D eigenvalue weighted by molar-refractivity contribution is 6.30. The van der Waals surface area contributed by atoms with Crippen molar-refractivity contribution >= 4 is 23.2 Å². The van der Waals surface area contributed by atoms with Gasteiger partial charge in [-0.25, -0.2) is 0 Å². The van der Waals surface area contributed by atoms with Crippen LogP contribution in [0.2, 0.25) is 5.02 Å². The van der Waals surface area contributed by atoms with Crippen LogP contribution >= 0.6 is 11.6 Å². The Kier molecular flexibility index (Phi) is 3.85. The monoisotopic (exact) mass is 261 g/mol. The van der Waals surface area contributed by atoms with E-state index in [9.17, 15) is 4.79 Å². The van der Waals surface area contributed by atoms with Crippen LogP contribution in [0.25, 0.3) is 0 Å². The van der Waals surface area contributed by atoms with Crippen molar-refractivity contribution in [2.45, 2.75) is 18.9 Å². The topological polar surface area (TPSA) is 64.9 Å². The molecule has 1 aromatic rings. The highest BCUT2D eigenvalue weighted by Crippen LogP contribution is 2.19. The summed E-state index contributed by atoms with van der Waals surface area (Å²) in [4.78, 5) is 11.8. The van der Waals surface area contributed by atoms with Gasteiger partial charge in [-0.05, 0) is 37.1 Å². The number of rotatable bonds is 4. The predicted octanol–water partition coefficient (Wildman–Crippen LogP) is 2.44. The van der Waals surface area contributed by atoms with Gasteiger partial charge in [0.15, 0.2) is 0 Å². The highest BCUT2D eigenvalue weighted by Gasteiger charge is 2.20. The summed E-state index contributed by atoms with van der Waals surface area (Å²) >= 11 is 5.74. The molecule has 1 saturated carbocycles. The van der Waals surface area contributed by atoms with Gasteiger partial charge in [-0.3, -0.25) is 4.79 Å². The summed E-state index contributed by atoms with van der Waals surface area (Å²) in [6.07, 6.45) is 3.66. The molecule has 0 spiro atoms. The lowest BCUT2D eigenvalue weighted by atomic mass is 10.2. The standard InChI is InChI=1S/C13H12ClN3O/c14-10-1-3-12(4-2-10)17-13(18)9(7-15)8-16-11-5-6-11/h1-4,8,11,16H,5-6H2,(H,17,18)/b9-8-. The van der Waals surface area contributed by atoms with Crippen molar-refractivity contribution in [1.82, 2.24) is 5.32 Å². The van der Waals surface area contributed by atoms with Crippen LogP contribution in [-0.2, 0) is 4.79 Å². The van der Waals surface area contributed by atoms with Crippen molar-refractivity contribution in [2.75, 3.05) is 5.32 Å². The van der Waals surface area contributed by atoms with Gasteiger partial charge in [0.05, 0.1) is 0 Å². The van der Waals surface area contributed by atoms with Gasteiger partial charge >= 0.3 is 0 Å². The number of amides is 1. The molecule has 1 amide bonds. The van der Waals surface area contributed by atoms with E-state index >= 15 is 0 Å². The Morgan fingerprint density at radius 2 is 2.06 bits per heavy atom. The Hall–Kier alpha value is -1.99. The molecule has 2 N–H and O–H groups in total. The third kappa shape index (κ3) is 3.51. The van der Waals surface area contributed by atoms with Crippen molar-refractivity contribution in [1.29, 1.82) is 5.26 Å². The van der Waals surface area contributed by atoms with Crippen LogP contribution in [0.3, 0.4) is 0 Å². The first kappa shape index (κ1) is 12.5. The van der Waals surface area contributed by atoms with Crippen LogP contribution in [0.5, 0.6) is 0 Å². The molecular weight excluding hydrogens is 250 g/mol. The van der Waals surface area contributed by atoms with Crippen LogP contribution in [0.1, 0.15) is 12.8 Å². The van der Waals surface area contributed by atoms with Crippen LogP contribution in [-0.4, -0.2) is 11.9 Å². The van der Waals surface area contributed by atoms with Crippen LogP contribution in [0.15, 0.2) is 36.0 Å². The number of benzene rings is 1. The minimum absolute atomic E-state index is 0.0665. The molecule has 1 aliphatic carbocycles. The Labute approximate surface area is 110 Å². The third-order valence-electron chi connectivity index (χ3n) is 2.51. The third-order valence-corrected chi connectivity index (χ3v) is 2.76. The zero-order valence-corrected chi connectivity index (χ0v) is 10.4. The second kappa shape index (κ2) is 5.56. The Balaban J connectivity index is 1.98. The van der Waals surface area contributed by atoms with Gasteiger partial charge < -0.3 is 10.6 Å². The molecule has 92 valence electrons. The normalized spacial score (nSPS) is 14.8. The summed E-state index contributed by atoms with van der Waals surface area (Å²) in [6, 6.07) is 9.01. The lowest BCUT2D eigenvalue weighted by Gasteiger charge is -2.04. The number of hydrogen-bond donors (Lipinski definition) is 2. The fourth-order valence-electron chi connectivity index (χ4n) is 1.33. The molecule has 1 fully saturated rings. The first-order chi connectivity index (χ1) is 8.69. The van der Waals surface area contributed by atoms with E-state index in [-0.39, 0.29) is 5.57 Å². The summed E-state index contributed by atoms with van der Waals surface area (Å²) in [5.74, 6) is -0.423. The fourth-order valence-corrected chi connectivity index (χ4v) is 1.46. The van der Waals surface area contributed by atoms with Gasteiger partial charge in [0, 0.05) is 23.0 Å². The fraction of sp³-hybridized carbons (Fsp3) is 0.231. The van der Waals surface area contributed by atoms with Crippen LogP contribution in [0, 0.1) is 11.3 Å². The Bertz CT molecular complexity index is 512. The smallest absolute Gasteiger partial charge is 0.267 e. The number of anilines is 1. The minimum Gasteiger partial charge on any atom is -0.387 e. The van der Waals surface area contributed by atoms with Gasteiger partial charge in [-0.15, -0.1) is 0 Å². The van der Waals surface area contributed by atoms with Gasteiger partial charge in [0.1, 0.15) is 11.6 Å². The molecule has 0 radical (unpaired) electrons. The molecule has 0 unspecified atom stereocenters. The summed E-state index contributed by atoms with van der Waals surface area (Å²) < 4.78 is 0. The number of nitrogens with zero attached hydrogens (tertiary/aromatic N) is 1. The van der Waals surface area contributed by atoms with Crippen molar-refractivity contribution in [2.24, 2.45) is 0 Å². The molecule has 4 nitrogen and oxygen atoms in total. The lowest BCUT2D eigenvalue weighted by Crippen LogP contribution is -2.17. The summed E-state index contributed by atoms with van der Waals surface area (Å²) in [5.41, 5.74) is 0.675. The maximum Gasteiger partial charge on any atom is 0.267 e. The molecule has 0 heterocycles. The number of halogens is 1. The molecule has 0 aromatic heterocycles. The van der Waals surface area contributed by atoms with Crippen molar-refractivity contribution in [3.05, 3.63) is 41.1 Å². The molecule has 0 saturated heterocycles. The van der Waals surface area contributed by atoms with Crippen molar-refractivity contribution < 1.29 is 4.79 Å². The molecule has 18 heavy (non-hydrogen) atoms. The van der Waals surface area contributed by atoms with Crippen LogP contribution < -0.4 is 10.6 Å². The molecule has 0 aliphatic heterocycles. The van der Waals surface area contributed by atoms with Gasteiger partial charge in [0.2, 0.25) is 0 Å². The maximum absolute atomic E-state index is 11.8. The number of nitrogens with one attached hydrogen (secondary N) is 2. The molecule has 5 heteroatoms. The van der Waals surface area contributed by atoms with E-state index in [2.05, 4.69) is 10.6 Å². The second-order valence-electron chi connectivity index (χ2n) is 4.07. The first-order valence-corrected chi connectivity index (χ1v) is 6.00. The molecule has 2 rings (SSSR count). The van der Waals surface area contributed by atoms with Gasteiger partial charge in [-0.1, -0.05) is 11.6 Å². The number of nitriles is 1. The molecular formula is C13H12ClN3O. The first-order valence-electron chi connectivity index (χ1n) is 5.62.